The normalized spacial score (nSPS) is 21.0. The minimum atomic E-state index is 0.388. The Kier molecular flexibility index (Phi) is 4.14. The van der Waals surface area contributed by atoms with Gasteiger partial charge in [0.2, 0.25) is 0 Å². The number of aliphatic imine (C=N–C) groups is 1. The van der Waals surface area contributed by atoms with E-state index in [1.165, 1.54) is 32.2 Å². The van der Waals surface area contributed by atoms with Gasteiger partial charge >= 0.3 is 0 Å². The van der Waals surface area contributed by atoms with Crippen LogP contribution in [0.15, 0.2) is 87.6 Å². The van der Waals surface area contributed by atoms with Crippen molar-refractivity contribution in [2.45, 2.75) is 22.0 Å². The third-order valence-electron chi connectivity index (χ3n) is 5.15. The molecule has 0 aromatic heterocycles. The molecule has 5 rings (SSSR count). The van der Waals surface area contributed by atoms with E-state index in [-0.39, 0.29) is 0 Å². The monoisotopic (exact) mass is 373 g/mol. The van der Waals surface area contributed by atoms with Crippen LogP contribution in [0.1, 0.15) is 21.9 Å². The van der Waals surface area contributed by atoms with Crippen molar-refractivity contribution in [2.75, 3.05) is 5.75 Å². The fourth-order valence-electron chi connectivity index (χ4n) is 3.82. The van der Waals surface area contributed by atoms with E-state index in [1.807, 2.05) is 23.5 Å². The van der Waals surface area contributed by atoms with Gasteiger partial charge in [0, 0.05) is 32.3 Å². The number of para-hydroxylation sites is 1. The van der Waals surface area contributed by atoms with E-state index in [0.717, 1.165) is 11.4 Å². The molecule has 0 fully saturated rings. The van der Waals surface area contributed by atoms with Crippen LogP contribution in [0, 0.1) is 12.8 Å². The van der Waals surface area contributed by atoms with Crippen LogP contribution in [-0.4, -0.2) is 11.5 Å². The van der Waals surface area contributed by atoms with Crippen LogP contribution in [0.25, 0.3) is 0 Å². The minimum Gasteiger partial charge on any atom is -0.251 e. The van der Waals surface area contributed by atoms with Gasteiger partial charge in [0.1, 0.15) is 0 Å². The molecule has 0 N–H and O–H groups in total. The molecule has 2 aliphatic rings. The van der Waals surface area contributed by atoms with Gasteiger partial charge in [-0.25, -0.2) is 0 Å². The van der Waals surface area contributed by atoms with Crippen molar-refractivity contribution in [3.05, 3.63) is 89.5 Å². The van der Waals surface area contributed by atoms with Crippen LogP contribution in [0.4, 0.5) is 5.69 Å². The van der Waals surface area contributed by atoms with Gasteiger partial charge in [0.25, 0.3) is 0 Å². The average Bonchev–Trinajstić information content (AvgIpc) is 2.85. The first-order valence-corrected chi connectivity index (χ1v) is 10.8. The summed E-state index contributed by atoms with van der Waals surface area (Å²) in [6.45, 7) is 2.23. The third-order valence-corrected chi connectivity index (χ3v) is 7.78. The summed E-state index contributed by atoms with van der Waals surface area (Å²) in [7, 11) is 0. The van der Waals surface area contributed by atoms with Gasteiger partial charge in [-0.1, -0.05) is 54.6 Å². The molecule has 0 saturated heterocycles. The molecule has 0 radical (unpaired) electrons. The van der Waals surface area contributed by atoms with Crippen LogP contribution in [0.3, 0.4) is 0 Å². The van der Waals surface area contributed by atoms with Crippen LogP contribution in [0.2, 0.25) is 0 Å². The van der Waals surface area contributed by atoms with E-state index in [2.05, 4.69) is 79.7 Å². The van der Waals surface area contributed by atoms with Gasteiger partial charge in [0.05, 0.1) is 11.4 Å². The predicted octanol–water partition coefficient (Wildman–Crippen LogP) is 6.68. The highest BCUT2D eigenvalue weighted by Gasteiger charge is 2.36. The van der Waals surface area contributed by atoms with E-state index < -0.39 is 0 Å². The molecule has 2 heterocycles. The molecule has 0 amide bonds. The number of rotatable bonds is 1. The van der Waals surface area contributed by atoms with Crippen molar-refractivity contribution in [2.24, 2.45) is 10.9 Å². The SMILES string of the molecule is Cc1ccccc1[C@H]1Sc2ccccc2N=C2c3ccccc3SC[C@@H]21. The Morgan fingerprint density at radius 1 is 0.846 bits per heavy atom. The molecule has 26 heavy (non-hydrogen) atoms. The molecular weight excluding hydrogens is 354 g/mol. The Bertz CT molecular complexity index is 1010. The van der Waals surface area contributed by atoms with Gasteiger partial charge < -0.3 is 0 Å². The highest BCUT2D eigenvalue weighted by molar-refractivity contribution is 8.00. The number of hydrogen-bond acceptors (Lipinski definition) is 3. The zero-order valence-corrected chi connectivity index (χ0v) is 16.2. The smallest absolute Gasteiger partial charge is 0.0769 e. The summed E-state index contributed by atoms with van der Waals surface area (Å²) >= 11 is 3.95. The Labute approximate surface area is 163 Å². The molecule has 2 aliphatic heterocycles. The fraction of sp³-hybridized carbons (Fsp3) is 0.174. The largest absolute Gasteiger partial charge is 0.251 e. The lowest BCUT2D eigenvalue weighted by Crippen LogP contribution is -2.27. The van der Waals surface area contributed by atoms with Gasteiger partial charge in [-0.05, 0) is 36.2 Å². The Morgan fingerprint density at radius 3 is 2.46 bits per heavy atom. The number of hydrogen-bond donors (Lipinski definition) is 0. The summed E-state index contributed by atoms with van der Waals surface area (Å²) in [5.74, 6) is 1.49. The number of benzene rings is 3. The lowest BCUT2D eigenvalue weighted by Gasteiger charge is -2.31. The molecule has 2 atom stereocenters. The number of nitrogens with zero attached hydrogens (tertiary/aromatic N) is 1. The van der Waals surface area contributed by atoms with Crippen molar-refractivity contribution in [1.82, 2.24) is 0 Å². The van der Waals surface area contributed by atoms with Crippen LogP contribution in [-0.2, 0) is 0 Å². The summed E-state index contributed by atoms with van der Waals surface area (Å²) in [5.41, 5.74) is 6.48. The number of fused-ring (bicyclic) bond motifs is 4. The molecule has 3 aromatic rings. The first-order valence-electron chi connectivity index (χ1n) is 8.93. The van der Waals surface area contributed by atoms with E-state index >= 15 is 0 Å². The molecular formula is C23H19NS2. The summed E-state index contributed by atoms with van der Waals surface area (Å²) in [4.78, 5) is 7.83. The maximum absolute atomic E-state index is 5.19. The Balaban J connectivity index is 1.73. The molecule has 3 heteroatoms. The summed E-state index contributed by atoms with van der Waals surface area (Å²) in [5, 5.41) is 0.388. The quantitative estimate of drug-likeness (QED) is 0.471. The van der Waals surface area contributed by atoms with E-state index in [4.69, 9.17) is 4.99 Å². The highest BCUT2D eigenvalue weighted by Crippen LogP contribution is 2.52. The van der Waals surface area contributed by atoms with E-state index in [0.29, 0.717) is 11.2 Å². The zero-order valence-electron chi connectivity index (χ0n) is 14.6. The number of thioether (sulfide) groups is 2. The molecule has 128 valence electrons. The van der Waals surface area contributed by atoms with E-state index in [1.54, 1.807) is 0 Å². The highest BCUT2D eigenvalue weighted by atomic mass is 32.2. The lowest BCUT2D eigenvalue weighted by atomic mass is 9.89. The first kappa shape index (κ1) is 16.2. The minimum absolute atomic E-state index is 0.388. The summed E-state index contributed by atoms with van der Waals surface area (Å²) in [6, 6.07) is 26.1. The lowest BCUT2D eigenvalue weighted by molar-refractivity contribution is 0.751. The second kappa shape index (κ2) is 6.64. The van der Waals surface area contributed by atoms with Crippen molar-refractivity contribution in [1.29, 1.82) is 0 Å². The molecule has 0 spiro atoms. The standard InChI is InChI=1S/C23H19NS2/c1-15-8-2-3-9-16(15)23-18-14-25-20-12-6-4-10-17(20)22(18)24-19-11-5-7-13-21(19)26-23/h2-13,18,23H,14H2,1H3/t18-,23+/m0/s1. The van der Waals surface area contributed by atoms with Gasteiger partial charge in [-0.3, -0.25) is 4.99 Å². The third kappa shape index (κ3) is 2.70. The average molecular weight is 374 g/mol. The van der Waals surface area contributed by atoms with Crippen molar-refractivity contribution < 1.29 is 0 Å². The molecule has 0 saturated carbocycles. The maximum atomic E-state index is 5.19. The van der Waals surface area contributed by atoms with Crippen LogP contribution in [0.5, 0.6) is 0 Å². The molecule has 3 aromatic carbocycles. The van der Waals surface area contributed by atoms with Gasteiger partial charge in [0.15, 0.2) is 0 Å². The fourth-order valence-corrected chi connectivity index (χ4v) is 6.60. The number of aryl methyl sites for hydroxylation is 1. The molecule has 0 aliphatic carbocycles. The van der Waals surface area contributed by atoms with Gasteiger partial charge in [-0.2, -0.15) is 0 Å². The summed E-state index contributed by atoms with van der Waals surface area (Å²) < 4.78 is 0. The predicted molar refractivity (Wildman–Crippen MR) is 113 cm³/mol. The molecule has 0 unspecified atom stereocenters. The molecule has 1 nitrogen and oxygen atoms in total. The maximum Gasteiger partial charge on any atom is 0.0769 e. The van der Waals surface area contributed by atoms with Crippen LogP contribution < -0.4 is 0 Å². The first-order chi connectivity index (χ1) is 12.8. The van der Waals surface area contributed by atoms with Gasteiger partial charge in [-0.15, -0.1) is 23.5 Å². The Hall–Kier alpha value is -1.97. The topological polar surface area (TPSA) is 12.4 Å². The second-order valence-electron chi connectivity index (χ2n) is 6.77. The Morgan fingerprint density at radius 2 is 1.58 bits per heavy atom. The summed E-state index contributed by atoms with van der Waals surface area (Å²) in [6.07, 6.45) is 0. The van der Waals surface area contributed by atoms with Crippen LogP contribution >= 0.6 is 23.5 Å². The van der Waals surface area contributed by atoms with Crippen molar-refractivity contribution in [3.8, 4) is 0 Å². The zero-order chi connectivity index (χ0) is 17.5. The molecule has 0 bridgehead atoms. The van der Waals surface area contributed by atoms with Crippen molar-refractivity contribution in [3.63, 3.8) is 0 Å². The second-order valence-corrected chi connectivity index (χ2v) is 9.02. The van der Waals surface area contributed by atoms with E-state index in [9.17, 15) is 0 Å². The van der Waals surface area contributed by atoms with Crippen molar-refractivity contribution >= 4 is 34.9 Å².